The van der Waals surface area contributed by atoms with Crippen LogP contribution in [0.4, 0.5) is 0 Å². The minimum absolute atomic E-state index is 0.114. The van der Waals surface area contributed by atoms with Crippen molar-refractivity contribution in [1.82, 2.24) is 0 Å². The number of esters is 1. The molecule has 0 saturated carbocycles. The van der Waals surface area contributed by atoms with E-state index < -0.39 is 5.97 Å². The summed E-state index contributed by atoms with van der Waals surface area (Å²) in [5, 5.41) is 0.587. The molecule has 0 unspecified atom stereocenters. The number of hydrogen-bond donors (Lipinski definition) is 0. The second-order valence-corrected chi connectivity index (χ2v) is 8.74. The van der Waals surface area contributed by atoms with E-state index in [9.17, 15) is 9.59 Å². The van der Waals surface area contributed by atoms with Gasteiger partial charge in [-0.3, -0.25) is 4.79 Å². The summed E-state index contributed by atoms with van der Waals surface area (Å²) >= 11 is 5.86. The molecule has 0 aliphatic carbocycles. The van der Waals surface area contributed by atoms with Crippen LogP contribution in [0, 0.1) is 0 Å². The molecule has 0 aliphatic heterocycles. The average molecular weight is 491 g/mol. The SMILES string of the molecule is CCCCCCCCOc1ccc(C(=O)Oc2ccc(/C=C/C(=O)c3ccc(Cl)cc3)cc2)cc1. The lowest BCUT2D eigenvalue weighted by atomic mass is 10.1. The molecule has 0 N–H and O–H groups in total. The van der Waals surface area contributed by atoms with Crippen LogP contribution < -0.4 is 9.47 Å². The summed E-state index contributed by atoms with van der Waals surface area (Å²) in [5.74, 6) is 0.629. The highest BCUT2D eigenvalue weighted by molar-refractivity contribution is 6.30. The first kappa shape index (κ1) is 26.2. The van der Waals surface area contributed by atoms with Crippen molar-refractivity contribution in [2.24, 2.45) is 0 Å². The highest BCUT2D eigenvalue weighted by atomic mass is 35.5. The third-order valence-electron chi connectivity index (χ3n) is 5.50. The van der Waals surface area contributed by atoms with Crippen molar-refractivity contribution >= 4 is 29.4 Å². The molecule has 0 saturated heterocycles. The number of allylic oxidation sites excluding steroid dienone is 1. The van der Waals surface area contributed by atoms with Crippen molar-refractivity contribution in [2.45, 2.75) is 45.4 Å². The summed E-state index contributed by atoms with van der Waals surface area (Å²) in [6.07, 6.45) is 10.5. The van der Waals surface area contributed by atoms with Gasteiger partial charge in [-0.05, 0) is 78.7 Å². The molecule has 4 nitrogen and oxygen atoms in total. The average Bonchev–Trinajstić information content (AvgIpc) is 2.88. The number of ketones is 1. The van der Waals surface area contributed by atoms with Gasteiger partial charge < -0.3 is 9.47 Å². The molecular formula is C30H31ClO4. The van der Waals surface area contributed by atoms with Gasteiger partial charge in [0.25, 0.3) is 0 Å². The van der Waals surface area contributed by atoms with E-state index in [1.54, 1.807) is 78.9 Å². The molecule has 0 amide bonds. The predicted molar refractivity (Wildman–Crippen MR) is 142 cm³/mol. The topological polar surface area (TPSA) is 52.6 Å². The van der Waals surface area contributed by atoms with E-state index in [0.29, 0.717) is 28.5 Å². The monoisotopic (exact) mass is 490 g/mol. The van der Waals surface area contributed by atoms with Gasteiger partial charge >= 0.3 is 5.97 Å². The maximum absolute atomic E-state index is 12.5. The summed E-state index contributed by atoms with van der Waals surface area (Å²) in [7, 11) is 0. The molecule has 0 aromatic heterocycles. The fourth-order valence-electron chi connectivity index (χ4n) is 3.45. The van der Waals surface area contributed by atoms with E-state index in [-0.39, 0.29) is 5.78 Å². The third-order valence-corrected chi connectivity index (χ3v) is 5.76. The number of rotatable bonds is 13. The zero-order valence-corrected chi connectivity index (χ0v) is 20.8. The Morgan fingerprint density at radius 1 is 0.743 bits per heavy atom. The van der Waals surface area contributed by atoms with Crippen LogP contribution in [0.3, 0.4) is 0 Å². The normalized spacial score (nSPS) is 10.9. The van der Waals surface area contributed by atoms with Crippen LogP contribution in [0.5, 0.6) is 11.5 Å². The molecule has 0 aliphatic rings. The van der Waals surface area contributed by atoms with Crippen molar-refractivity contribution in [3.8, 4) is 11.5 Å². The zero-order chi connectivity index (χ0) is 24.9. The second kappa shape index (κ2) is 14.1. The largest absolute Gasteiger partial charge is 0.494 e. The van der Waals surface area contributed by atoms with Crippen LogP contribution in [0.25, 0.3) is 6.08 Å². The van der Waals surface area contributed by atoms with Gasteiger partial charge in [-0.2, -0.15) is 0 Å². The number of halogens is 1. The van der Waals surface area contributed by atoms with Gasteiger partial charge in [0.05, 0.1) is 12.2 Å². The number of unbranched alkanes of at least 4 members (excludes halogenated alkanes) is 5. The summed E-state index contributed by atoms with van der Waals surface area (Å²) < 4.78 is 11.2. The smallest absolute Gasteiger partial charge is 0.343 e. The minimum atomic E-state index is -0.436. The molecule has 3 aromatic rings. The second-order valence-electron chi connectivity index (χ2n) is 8.30. The molecule has 0 spiro atoms. The maximum atomic E-state index is 12.5. The van der Waals surface area contributed by atoms with Gasteiger partial charge in [0.2, 0.25) is 0 Å². The lowest BCUT2D eigenvalue weighted by molar-refractivity contribution is 0.0734. The Labute approximate surface area is 212 Å². The molecule has 0 fully saturated rings. The van der Waals surface area contributed by atoms with Crippen LogP contribution in [-0.2, 0) is 0 Å². The summed E-state index contributed by atoms with van der Waals surface area (Å²) in [4.78, 5) is 24.7. The zero-order valence-electron chi connectivity index (χ0n) is 20.0. The van der Waals surface area contributed by atoms with E-state index >= 15 is 0 Å². The van der Waals surface area contributed by atoms with Gasteiger partial charge in [-0.25, -0.2) is 4.79 Å². The Morgan fingerprint density at radius 3 is 2.03 bits per heavy atom. The molecule has 35 heavy (non-hydrogen) atoms. The summed E-state index contributed by atoms with van der Waals surface area (Å²) in [5.41, 5.74) is 1.84. The van der Waals surface area contributed by atoms with Crippen molar-refractivity contribution in [3.05, 3.63) is 101 Å². The fourth-order valence-corrected chi connectivity index (χ4v) is 3.58. The van der Waals surface area contributed by atoms with Gasteiger partial charge in [0.15, 0.2) is 5.78 Å². The predicted octanol–water partition coefficient (Wildman–Crippen LogP) is 8.19. The van der Waals surface area contributed by atoms with Crippen molar-refractivity contribution in [2.75, 3.05) is 6.61 Å². The molecule has 182 valence electrons. The van der Waals surface area contributed by atoms with Crippen molar-refractivity contribution in [3.63, 3.8) is 0 Å². The molecule has 0 heterocycles. The first-order chi connectivity index (χ1) is 17.0. The number of hydrogen-bond acceptors (Lipinski definition) is 4. The van der Waals surface area contributed by atoms with Crippen molar-refractivity contribution < 1.29 is 19.1 Å². The fraction of sp³-hybridized carbons (Fsp3) is 0.267. The maximum Gasteiger partial charge on any atom is 0.343 e. The lowest BCUT2D eigenvalue weighted by Crippen LogP contribution is -2.08. The van der Waals surface area contributed by atoms with Crippen molar-refractivity contribution in [1.29, 1.82) is 0 Å². The van der Waals surface area contributed by atoms with Gasteiger partial charge in [-0.1, -0.05) is 68.8 Å². The Bertz CT molecular complexity index is 1100. The standard InChI is InChI=1S/C30H31ClO4/c1-2-3-4-5-6-7-22-34-27-19-13-25(14-20-27)30(33)35-28-17-8-23(9-18-28)10-21-29(32)24-11-15-26(31)16-12-24/h8-21H,2-7,22H2,1H3/b21-10+. The van der Waals surface area contributed by atoms with Crippen LogP contribution >= 0.6 is 11.6 Å². The third kappa shape index (κ3) is 9.06. The first-order valence-electron chi connectivity index (χ1n) is 12.1. The van der Waals surface area contributed by atoms with E-state index in [2.05, 4.69) is 6.92 Å². The van der Waals surface area contributed by atoms with E-state index in [4.69, 9.17) is 21.1 Å². The molecule has 0 bridgehead atoms. The quantitative estimate of drug-likeness (QED) is 0.0796. The van der Waals surface area contributed by atoms with Gasteiger partial charge in [-0.15, -0.1) is 0 Å². The van der Waals surface area contributed by atoms with E-state index in [1.807, 2.05) is 0 Å². The summed E-state index contributed by atoms with van der Waals surface area (Å²) in [6, 6.07) is 20.7. The molecule has 0 radical (unpaired) electrons. The van der Waals surface area contributed by atoms with Gasteiger partial charge in [0.1, 0.15) is 11.5 Å². The van der Waals surface area contributed by atoms with E-state index in [1.165, 1.54) is 38.2 Å². The number of benzene rings is 3. The van der Waals surface area contributed by atoms with Crippen LogP contribution in [0.15, 0.2) is 78.9 Å². The highest BCUT2D eigenvalue weighted by Crippen LogP contribution is 2.18. The molecule has 3 rings (SSSR count). The van der Waals surface area contributed by atoms with Crippen LogP contribution in [0.1, 0.15) is 71.7 Å². The number of carbonyl (C=O) groups excluding carboxylic acids is 2. The Kier molecular flexibility index (Phi) is 10.6. The van der Waals surface area contributed by atoms with Crippen LogP contribution in [0.2, 0.25) is 5.02 Å². The number of ether oxygens (including phenoxy) is 2. The first-order valence-corrected chi connectivity index (χ1v) is 12.5. The minimum Gasteiger partial charge on any atom is -0.494 e. The number of carbonyl (C=O) groups is 2. The Hall–Kier alpha value is -3.37. The summed E-state index contributed by atoms with van der Waals surface area (Å²) in [6.45, 7) is 2.90. The molecule has 3 aromatic carbocycles. The molecule has 5 heteroatoms. The highest BCUT2D eigenvalue weighted by Gasteiger charge is 2.09. The van der Waals surface area contributed by atoms with E-state index in [0.717, 1.165) is 17.7 Å². The molecular weight excluding hydrogens is 460 g/mol. The van der Waals surface area contributed by atoms with Crippen LogP contribution in [-0.4, -0.2) is 18.4 Å². The Morgan fingerprint density at radius 2 is 1.34 bits per heavy atom. The molecule has 0 atom stereocenters. The lowest BCUT2D eigenvalue weighted by Gasteiger charge is -2.08. The Balaban J connectivity index is 1.44. The van der Waals surface area contributed by atoms with Gasteiger partial charge in [0, 0.05) is 10.6 Å².